The number of hydrogen-bond acceptors (Lipinski definition) is 1. The fraction of sp³-hybridized carbons (Fsp3) is 0.429. The van der Waals surface area contributed by atoms with Gasteiger partial charge in [0.2, 0.25) is 0 Å². The van der Waals surface area contributed by atoms with Crippen LogP contribution in [0.15, 0.2) is 35.9 Å². The maximum Gasteiger partial charge on any atom is 0.0211 e. The second-order valence-electron chi connectivity index (χ2n) is 3.83. The Kier molecular flexibility index (Phi) is 5.13. The Morgan fingerprint density at radius 2 is 2.07 bits per heavy atom. The first-order chi connectivity index (χ1) is 7.27. The summed E-state index contributed by atoms with van der Waals surface area (Å²) in [7, 11) is 0. The van der Waals surface area contributed by atoms with Crippen LogP contribution in [-0.2, 0) is 6.54 Å². The van der Waals surface area contributed by atoms with Crippen molar-refractivity contribution in [1.82, 2.24) is 5.32 Å². The smallest absolute Gasteiger partial charge is 0.0211 e. The molecule has 0 fully saturated rings. The van der Waals surface area contributed by atoms with E-state index in [0.717, 1.165) is 19.5 Å². The molecule has 0 aliphatic heterocycles. The van der Waals surface area contributed by atoms with Gasteiger partial charge in [-0.15, -0.1) is 0 Å². The van der Waals surface area contributed by atoms with Crippen LogP contribution in [0.4, 0.5) is 0 Å². The summed E-state index contributed by atoms with van der Waals surface area (Å²) in [5, 5.41) is 3.48. The van der Waals surface area contributed by atoms with Gasteiger partial charge in [-0.05, 0) is 31.4 Å². The van der Waals surface area contributed by atoms with Crippen LogP contribution < -0.4 is 5.32 Å². The molecule has 0 aliphatic carbocycles. The van der Waals surface area contributed by atoms with E-state index in [0.29, 0.717) is 0 Å². The molecule has 15 heavy (non-hydrogen) atoms. The normalized spacial score (nSPS) is 11.8. The topological polar surface area (TPSA) is 12.0 Å². The van der Waals surface area contributed by atoms with Gasteiger partial charge in [0.25, 0.3) is 0 Å². The maximum absolute atomic E-state index is 3.48. The third kappa shape index (κ3) is 3.88. The zero-order chi connectivity index (χ0) is 11.1. The summed E-state index contributed by atoms with van der Waals surface area (Å²) < 4.78 is 0. The molecule has 0 bridgehead atoms. The molecule has 1 heteroatoms. The van der Waals surface area contributed by atoms with E-state index < -0.39 is 0 Å². The lowest BCUT2D eigenvalue weighted by Crippen LogP contribution is -2.16. The summed E-state index contributed by atoms with van der Waals surface area (Å²) in [6.45, 7) is 8.43. The number of hydrogen-bond donors (Lipinski definition) is 1. The molecule has 1 nitrogen and oxygen atoms in total. The molecule has 0 amide bonds. The fourth-order valence-corrected chi connectivity index (χ4v) is 1.60. The van der Waals surface area contributed by atoms with E-state index in [1.54, 1.807) is 0 Å². The van der Waals surface area contributed by atoms with Gasteiger partial charge < -0.3 is 5.32 Å². The third-order valence-corrected chi connectivity index (χ3v) is 2.79. The predicted molar refractivity (Wildman–Crippen MR) is 66.9 cm³/mol. The molecule has 0 spiro atoms. The molecule has 1 aromatic rings. The number of rotatable bonds is 5. The lowest BCUT2D eigenvalue weighted by Gasteiger charge is -2.08. The summed E-state index contributed by atoms with van der Waals surface area (Å²) in [5.41, 5.74) is 4.23. The summed E-state index contributed by atoms with van der Waals surface area (Å²) in [6.07, 6.45) is 3.34. The third-order valence-electron chi connectivity index (χ3n) is 2.79. The monoisotopic (exact) mass is 203 g/mol. The molecule has 0 aromatic heterocycles. The molecule has 82 valence electrons. The van der Waals surface area contributed by atoms with Crippen molar-refractivity contribution in [1.29, 1.82) is 0 Å². The van der Waals surface area contributed by atoms with Crippen molar-refractivity contribution < 1.29 is 0 Å². The molecular formula is C14H21N. The van der Waals surface area contributed by atoms with Crippen molar-refractivity contribution in [3.05, 3.63) is 47.0 Å². The molecule has 0 saturated carbocycles. The van der Waals surface area contributed by atoms with E-state index in [1.807, 2.05) is 0 Å². The maximum atomic E-state index is 3.48. The Labute approximate surface area is 93.2 Å². The minimum atomic E-state index is 0.962. The average molecular weight is 203 g/mol. The Bertz CT molecular complexity index is 326. The molecule has 0 radical (unpaired) electrons. The van der Waals surface area contributed by atoms with Gasteiger partial charge in [-0.25, -0.2) is 0 Å². The van der Waals surface area contributed by atoms with Crippen molar-refractivity contribution >= 4 is 0 Å². The molecular weight excluding hydrogens is 182 g/mol. The van der Waals surface area contributed by atoms with E-state index in [2.05, 4.69) is 56.4 Å². The molecule has 0 unspecified atom stereocenters. The van der Waals surface area contributed by atoms with Gasteiger partial charge in [-0.3, -0.25) is 0 Å². The van der Waals surface area contributed by atoms with Crippen LogP contribution in [0.5, 0.6) is 0 Å². The average Bonchev–Trinajstić information content (AvgIpc) is 2.27. The van der Waals surface area contributed by atoms with Crippen molar-refractivity contribution in [2.24, 2.45) is 0 Å². The largest absolute Gasteiger partial charge is 0.309 e. The van der Waals surface area contributed by atoms with E-state index in [4.69, 9.17) is 0 Å². The van der Waals surface area contributed by atoms with Crippen LogP contribution in [0, 0.1) is 6.92 Å². The van der Waals surface area contributed by atoms with Crippen LogP contribution in [0.3, 0.4) is 0 Å². The van der Waals surface area contributed by atoms with E-state index in [-0.39, 0.29) is 0 Å². The van der Waals surface area contributed by atoms with E-state index in [1.165, 1.54) is 16.7 Å². The first kappa shape index (κ1) is 12.0. The highest BCUT2D eigenvalue weighted by molar-refractivity contribution is 5.25. The highest BCUT2D eigenvalue weighted by Crippen LogP contribution is 2.06. The number of benzene rings is 1. The summed E-state index contributed by atoms with van der Waals surface area (Å²) in [5.74, 6) is 0. The SMILES string of the molecule is C/C=C(\CC)CNCc1ccccc1C. The highest BCUT2D eigenvalue weighted by atomic mass is 14.8. The minimum Gasteiger partial charge on any atom is -0.309 e. The van der Waals surface area contributed by atoms with Crippen LogP contribution in [0.2, 0.25) is 0 Å². The van der Waals surface area contributed by atoms with Crippen molar-refractivity contribution in [2.45, 2.75) is 33.7 Å². The first-order valence-corrected chi connectivity index (χ1v) is 5.67. The molecule has 0 heterocycles. The molecule has 0 atom stereocenters. The van der Waals surface area contributed by atoms with Gasteiger partial charge in [-0.1, -0.05) is 42.8 Å². The van der Waals surface area contributed by atoms with Crippen LogP contribution in [0.25, 0.3) is 0 Å². The highest BCUT2D eigenvalue weighted by Gasteiger charge is 1.97. The Morgan fingerprint density at radius 3 is 2.67 bits per heavy atom. The van der Waals surface area contributed by atoms with Gasteiger partial charge in [0.1, 0.15) is 0 Å². The summed E-state index contributed by atoms with van der Waals surface area (Å²) >= 11 is 0. The number of nitrogens with one attached hydrogen (secondary N) is 1. The van der Waals surface area contributed by atoms with Gasteiger partial charge >= 0.3 is 0 Å². The van der Waals surface area contributed by atoms with E-state index >= 15 is 0 Å². The molecule has 1 N–H and O–H groups in total. The van der Waals surface area contributed by atoms with Crippen LogP contribution >= 0.6 is 0 Å². The molecule has 0 aliphatic rings. The number of allylic oxidation sites excluding steroid dienone is 1. The second-order valence-corrected chi connectivity index (χ2v) is 3.83. The van der Waals surface area contributed by atoms with Gasteiger partial charge in [-0.2, -0.15) is 0 Å². The predicted octanol–water partition coefficient (Wildman–Crippen LogP) is 3.44. The first-order valence-electron chi connectivity index (χ1n) is 5.67. The number of aryl methyl sites for hydroxylation is 1. The fourth-order valence-electron chi connectivity index (χ4n) is 1.60. The Balaban J connectivity index is 2.41. The second kappa shape index (κ2) is 6.41. The van der Waals surface area contributed by atoms with Gasteiger partial charge in [0.05, 0.1) is 0 Å². The van der Waals surface area contributed by atoms with Crippen LogP contribution in [0.1, 0.15) is 31.4 Å². The van der Waals surface area contributed by atoms with Gasteiger partial charge in [0, 0.05) is 13.1 Å². The van der Waals surface area contributed by atoms with E-state index in [9.17, 15) is 0 Å². The summed E-state index contributed by atoms with van der Waals surface area (Å²) in [6, 6.07) is 8.53. The Morgan fingerprint density at radius 1 is 1.33 bits per heavy atom. The molecule has 0 saturated heterocycles. The summed E-state index contributed by atoms with van der Waals surface area (Å²) in [4.78, 5) is 0. The quantitative estimate of drug-likeness (QED) is 0.723. The lowest BCUT2D eigenvalue weighted by molar-refractivity contribution is 0.721. The lowest BCUT2D eigenvalue weighted by atomic mass is 10.1. The van der Waals surface area contributed by atoms with Crippen LogP contribution in [-0.4, -0.2) is 6.54 Å². The Hall–Kier alpha value is -1.08. The molecule has 1 rings (SSSR count). The zero-order valence-electron chi connectivity index (χ0n) is 10.0. The van der Waals surface area contributed by atoms with Crippen molar-refractivity contribution in [3.8, 4) is 0 Å². The van der Waals surface area contributed by atoms with Crippen molar-refractivity contribution in [3.63, 3.8) is 0 Å². The van der Waals surface area contributed by atoms with Gasteiger partial charge in [0.15, 0.2) is 0 Å². The standard InChI is InChI=1S/C14H21N/c1-4-13(5-2)10-15-11-14-9-7-6-8-12(14)3/h4,6-9,15H,5,10-11H2,1-3H3/b13-4+. The molecule has 1 aromatic carbocycles. The van der Waals surface area contributed by atoms with Crippen molar-refractivity contribution in [2.75, 3.05) is 6.54 Å². The minimum absolute atomic E-state index is 0.962. The zero-order valence-corrected chi connectivity index (χ0v) is 10.0.